The number of carbonyl (C=O) groups excluding carboxylic acids is 2. The van der Waals surface area contributed by atoms with Crippen molar-refractivity contribution >= 4 is 18.0 Å². The van der Waals surface area contributed by atoms with E-state index in [1.54, 1.807) is 24.3 Å². The molecule has 2 rings (SSSR count). The van der Waals surface area contributed by atoms with Crippen LogP contribution in [0.15, 0.2) is 53.6 Å². The summed E-state index contributed by atoms with van der Waals surface area (Å²) >= 11 is 0. The maximum atomic E-state index is 13.0. The molecule has 0 aromatic heterocycles. The van der Waals surface area contributed by atoms with Crippen molar-refractivity contribution in [3.8, 4) is 0 Å². The van der Waals surface area contributed by atoms with Gasteiger partial charge in [0.1, 0.15) is 5.82 Å². The van der Waals surface area contributed by atoms with Crippen LogP contribution in [-0.4, -0.2) is 24.6 Å². The highest BCUT2D eigenvalue weighted by Gasteiger charge is 2.06. The number of halogens is 1. The summed E-state index contributed by atoms with van der Waals surface area (Å²) in [5.41, 5.74) is 4.31. The molecule has 118 valence electrons. The van der Waals surface area contributed by atoms with Gasteiger partial charge >= 0.3 is 0 Å². The first-order chi connectivity index (χ1) is 11.0. The van der Waals surface area contributed by atoms with Gasteiger partial charge in [0.2, 0.25) is 0 Å². The van der Waals surface area contributed by atoms with Crippen molar-refractivity contribution in [1.29, 1.82) is 0 Å². The van der Waals surface area contributed by atoms with Gasteiger partial charge < -0.3 is 5.32 Å². The van der Waals surface area contributed by atoms with Gasteiger partial charge in [-0.2, -0.15) is 5.10 Å². The molecule has 0 aliphatic heterocycles. The van der Waals surface area contributed by atoms with Crippen molar-refractivity contribution in [2.75, 3.05) is 6.54 Å². The number of carbonyl (C=O) groups is 2. The number of hydrazone groups is 1. The Bertz CT molecular complexity index is 727. The minimum atomic E-state index is -0.474. The minimum absolute atomic E-state index is 0.201. The summed E-state index contributed by atoms with van der Waals surface area (Å²) in [4.78, 5) is 23.4. The minimum Gasteiger partial charge on any atom is -0.343 e. The molecule has 6 heteroatoms. The first-order valence-electron chi connectivity index (χ1n) is 6.97. The molecular formula is C17H16FN3O2. The lowest BCUT2D eigenvalue weighted by Crippen LogP contribution is -2.34. The highest BCUT2D eigenvalue weighted by atomic mass is 19.1. The molecule has 0 bridgehead atoms. The zero-order chi connectivity index (χ0) is 16.7. The molecule has 0 saturated carbocycles. The summed E-state index contributed by atoms with van der Waals surface area (Å²) < 4.78 is 13.0. The van der Waals surface area contributed by atoms with Gasteiger partial charge in [0.15, 0.2) is 0 Å². The molecule has 2 N–H and O–H groups in total. The predicted octanol–water partition coefficient (Wildman–Crippen LogP) is 2.01. The van der Waals surface area contributed by atoms with Crippen LogP contribution >= 0.6 is 0 Å². The highest BCUT2D eigenvalue weighted by molar-refractivity contribution is 5.96. The number of hydrogen-bond acceptors (Lipinski definition) is 3. The van der Waals surface area contributed by atoms with Crippen LogP contribution in [-0.2, 0) is 4.79 Å². The third-order valence-electron chi connectivity index (χ3n) is 2.97. The highest BCUT2D eigenvalue weighted by Crippen LogP contribution is 2.02. The number of aryl methyl sites for hydroxylation is 1. The van der Waals surface area contributed by atoms with Crippen molar-refractivity contribution in [2.45, 2.75) is 6.92 Å². The Kier molecular flexibility index (Phi) is 5.57. The van der Waals surface area contributed by atoms with E-state index in [1.165, 1.54) is 18.3 Å². The van der Waals surface area contributed by atoms with Crippen LogP contribution in [0.5, 0.6) is 0 Å². The lowest BCUT2D eigenvalue weighted by atomic mass is 10.1. The summed E-state index contributed by atoms with van der Waals surface area (Å²) in [5, 5.41) is 6.19. The van der Waals surface area contributed by atoms with Gasteiger partial charge in [-0.25, -0.2) is 9.82 Å². The second kappa shape index (κ2) is 7.84. The topological polar surface area (TPSA) is 70.6 Å². The van der Waals surface area contributed by atoms with Crippen LogP contribution in [0.3, 0.4) is 0 Å². The van der Waals surface area contributed by atoms with E-state index in [9.17, 15) is 14.0 Å². The number of amides is 2. The quantitative estimate of drug-likeness (QED) is 0.655. The largest absolute Gasteiger partial charge is 0.343 e. The van der Waals surface area contributed by atoms with Gasteiger partial charge in [-0.05, 0) is 36.8 Å². The first-order valence-corrected chi connectivity index (χ1v) is 6.97. The van der Waals surface area contributed by atoms with Gasteiger partial charge in [0.05, 0.1) is 12.8 Å². The molecule has 0 aliphatic rings. The summed E-state index contributed by atoms with van der Waals surface area (Å²) in [6, 6.07) is 12.8. The maximum Gasteiger partial charge on any atom is 0.259 e. The molecule has 2 aromatic rings. The van der Waals surface area contributed by atoms with Crippen LogP contribution in [0, 0.1) is 12.7 Å². The van der Waals surface area contributed by atoms with Crippen LogP contribution < -0.4 is 10.7 Å². The van der Waals surface area contributed by atoms with E-state index in [0.29, 0.717) is 11.1 Å². The normalized spacial score (nSPS) is 10.5. The molecule has 0 fully saturated rings. The molecule has 0 saturated heterocycles. The molecule has 0 aliphatic carbocycles. The molecule has 0 spiro atoms. The van der Waals surface area contributed by atoms with Crippen LogP contribution in [0.1, 0.15) is 21.5 Å². The lowest BCUT2D eigenvalue weighted by molar-refractivity contribution is -0.120. The fourth-order valence-corrected chi connectivity index (χ4v) is 1.77. The lowest BCUT2D eigenvalue weighted by Gasteiger charge is -2.04. The predicted molar refractivity (Wildman–Crippen MR) is 85.6 cm³/mol. The molecule has 0 radical (unpaired) electrons. The fraction of sp³-hybridized carbons (Fsp3) is 0.118. The SMILES string of the molecule is Cc1ccc(C(=O)NCC(=O)N/N=C/c2cccc(F)c2)cc1. The second-order valence-electron chi connectivity index (χ2n) is 4.90. The third kappa shape index (κ3) is 5.35. The molecule has 0 heterocycles. The third-order valence-corrected chi connectivity index (χ3v) is 2.97. The first kappa shape index (κ1) is 16.4. The standard InChI is InChI=1S/C17H16FN3O2/c1-12-5-7-14(8-6-12)17(23)19-11-16(22)21-20-10-13-3-2-4-15(18)9-13/h2-10H,11H2,1H3,(H,19,23)(H,21,22)/b20-10+. The number of hydrogen-bond donors (Lipinski definition) is 2. The average molecular weight is 313 g/mol. The summed E-state index contributed by atoms with van der Waals surface area (Å²) in [6.45, 7) is 1.72. The van der Waals surface area contributed by atoms with Gasteiger partial charge in [0.25, 0.3) is 11.8 Å². The Balaban J connectivity index is 1.78. The number of rotatable bonds is 5. The van der Waals surface area contributed by atoms with E-state index >= 15 is 0 Å². The van der Waals surface area contributed by atoms with Gasteiger partial charge in [-0.15, -0.1) is 0 Å². The Morgan fingerprint density at radius 2 is 1.91 bits per heavy atom. The summed E-state index contributed by atoms with van der Waals surface area (Å²) in [6.07, 6.45) is 1.32. The van der Waals surface area contributed by atoms with Crippen LogP contribution in [0.25, 0.3) is 0 Å². The van der Waals surface area contributed by atoms with E-state index in [-0.39, 0.29) is 18.3 Å². The number of nitrogens with one attached hydrogen (secondary N) is 2. The van der Waals surface area contributed by atoms with E-state index in [4.69, 9.17) is 0 Å². The fourth-order valence-electron chi connectivity index (χ4n) is 1.77. The molecule has 0 unspecified atom stereocenters. The molecule has 2 amide bonds. The van der Waals surface area contributed by atoms with Gasteiger partial charge in [0, 0.05) is 5.56 Å². The van der Waals surface area contributed by atoms with E-state index in [2.05, 4.69) is 15.8 Å². The van der Waals surface area contributed by atoms with Crippen molar-refractivity contribution in [3.63, 3.8) is 0 Å². The molecule has 0 atom stereocenters. The second-order valence-corrected chi connectivity index (χ2v) is 4.90. The maximum absolute atomic E-state index is 13.0. The van der Waals surface area contributed by atoms with Crippen LogP contribution in [0.2, 0.25) is 0 Å². The zero-order valence-corrected chi connectivity index (χ0v) is 12.5. The van der Waals surface area contributed by atoms with Crippen molar-refractivity contribution < 1.29 is 14.0 Å². The van der Waals surface area contributed by atoms with Gasteiger partial charge in [-0.1, -0.05) is 29.8 Å². The summed E-state index contributed by atoms with van der Waals surface area (Å²) in [7, 11) is 0. The van der Waals surface area contributed by atoms with E-state index in [1.807, 2.05) is 19.1 Å². The Hall–Kier alpha value is -3.02. The Morgan fingerprint density at radius 3 is 2.61 bits per heavy atom. The molecule has 23 heavy (non-hydrogen) atoms. The number of nitrogens with zero attached hydrogens (tertiary/aromatic N) is 1. The molecular weight excluding hydrogens is 297 g/mol. The number of benzene rings is 2. The van der Waals surface area contributed by atoms with Crippen molar-refractivity contribution in [3.05, 3.63) is 71.0 Å². The Morgan fingerprint density at radius 1 is 1.17 bits per heavy atom. The average Bonchev–Trinajstić information content (AvgIpc) is 2.53. The Labute approximate surface area is 133 Å². The van der Waals surface area contributed by atoms with Gasteiger partial charge in [-0.3, -0.25) is 9.59 Å². The zero-order valence-electron chi connectivity index (χ0n) is 12.5. The summed E-state index contributed by atoms with van der Waals surface area (Å²) in [5.74, 6) is -1.20. The van der Waals surface area contributed by atoms with Crippen molar-refractivity contribution in [2.24, 2.45) is 5.10 Å². The van der Waals surface area contributed by atoms with Crippen LogP contribution in [0.4, 0.5) is 4.39 Å². The van der Waals surface area contributed by atoms with E-state index < -0.39 is 5.91 Å². The monoisotopic (exact) mass is 313 g/mol. The smallest absolute Gasteiger partial charge is 0.259 e. The molecule has 2 aromatic carbocycles. The van der Waals surface area contributed by atoms with E-state index in [0.717, 1.165) is 5.56 Å². The molecule has 5 nitrogen and oxygen atoms in total. The van der Waals surface area contributed by atoms with Crippen molar-refractivity contribution in [1.82, 2.24) is 10.7 Å².